The van der Waals surface area contributed by atoms with Crippen LogP contribution in [0.15, 0.2) is 41.0 Å². The van der Waals surface area contributed by atoms with Crippen LogP contribution in [0.1, 0.15) is 29.5 Å². The summed E-state index contributed by atoms with van der Waals surface area (Å²) in [4.78, 5) is 12.7. The van der Waals surface area contributed by atoms with Crippen LogP contribution in [0, 0.1) is 13.8 Å². The van der Waals surface area contributed by atoms with Gasteiger partial charge in [0, 0.05) is 22.6 Å². The van der Waals surface area contributed by atoms with E-state index in [1.807, 2.05) is 26.0 Å². The van der Waals surface area contributed by atoms with Crippen molar-refractivity contribution in [3.63, 3.8) is 0 Å². The van der Waals surface area contributed by atoms with E-state index < -0.39 is 0 Å². The number of rotatable bonds is 6. The zero-order chi connectivity index (χ0) is 20.4. The van der Waals surface area contributed by atoms with Gasteiger partial charge in [0.25, 0.3) is 0 Å². The van der Waals surface area contributed by atoms with Crippen LogP contribution in [0.2, 0.25) is 5.02 Å². The Balaban J connectivity index is 1.48. The van der Waals surface area contributed by atoms with E-state index in [2.05, 4.69) is 5.32 Å². The third kappa shape index (κ3) is 4.41. The Hall–Kier alpha value is -2.50. The number of anilines is 1. The molecule has 0 saturated carbocycles. The first-order chi connectivity index (χ1) is 14.0. The minimum absolute atomic E-state index is 0.0956. The topological polar surface area (TPSA) is 60.7 Å². The van der Waals surface area contributed by atoms with Gasteiger partial charge in [-0.25, -0.2) is 0 Å². The standard InChI is InChI=1S/C23H24ClNO4/c1-14-5-7-19-16(12-29-23(19)15(14)2)10-22(26)25-20-11-17(24)6-8-21(20)28-13-18-4-3-9-27-18/h5-8,11-12,18H,3-4,9-10,13H2,1-2H3,(H,25,26). The molecule has 2 heterocycles. The number of ether oxygens (including phenoxy) is 2. The van der Waals surface area contributed by atoms with E-state index in [4.69, 9.17) is 25.5 Å². The molecular formula is C23H24ClNO4. The second-order valence-electron chi connectivity index (χ2n) is 7.46. The van der Waals surface area contributed by atoms with Crippen LogP contribution in [0.25, 0.3) is 11.0 Å². The highest BCUT2D eigenvalue weighted by atomic mass is 35.5. The van der Waals surface area contributed by atoms with E-state index in [0.717, 1.165) is 47.1 Å². The van der Waals surface area contributed by atoms with Crippen molar-refractivity contribution in [1.29, 1.82) is 0 Å². The smallest absolute Gasteiger partial charge is 0.229 e. The van der Waals surface area contributed by atoms with Crippen molar-refractivity contribution >= 4 is 34.2 Å². The number of hydrogen-bond donors (Lipinski definition) is 1. The maximum absolute atomic E-state index is 12.7. The molecule has 6 heteroatoms. The minimum atomic E-state index is -0.157. The van der Waals surface area contributed by atoms with E-state index >= 15 is 0 Å². The van der Waals surface area contributed by atoms with Gasteiger partial charge in [-0.05, 0) is 56.0 Å². The summed E-state index contributed by atoms with van der Waals surface area (Å²) in [7, 11) is 0. The zero-order valence-electron chi connectivity index (χ0n) is 16.6. The molecule has 0 aliphatic carbocycles. The van der Waals surface area contributed by atoms with Gasteiger partial charge < -0.3 is 19.2 Å². The number of benzene rings is 2. The lowest BCUT2D eigenvalue weighted by atomic mass is 10.0. The van der Waals surface area contributed by atoms with Gasteiger partial charge in [0.2, 0.25) is 5.91 Å². The first kappa shape index (κ1) is 19.8. The molecule has 152 valence electrons. The fourth-order valence-corrected chi connectivity index (χ4v) is 3.75. The lowest BCUT2D eigenvalue weighted by Crippen LogP contribution is -2.18. The highest BCUT2D eigenvalue weighted by Gasteiger charge is 2.18. The number of nitrogens with one attached hydrogen (secondary N) is 1. The minimum Gasteiger partial charge on any atom is -0.489 e. The van der Waals surface area contributed by atoms with Crippen molar-refractivity contribution in [3.8, 4) is 5.75 Å². The molecule has 1 atom stereocenters. The van der Waals surface area contributed by atoms with Gasteiger partial charge in [0.1, 0.15) is 17.9 Å². The number of carbonyl (C=O) groups excluding carboxylic acids is 1. The van der Waals surface area contributed by atoms with Gasteiger partial charge in [-0.1, -0.05) is 23.7 Å². The summed E-state index contributed by atoms with van der Waals surface area (Å²) in [6, 6.07) is 9.26. The van der Waals surface area contributed by atoms with Crippen molar-refractivity contribution < 1.29 is 18.7 Å². The highest BCUT2D eigenvalue weighted by Crippen LogP contribution is 2.30. The summed E-state index contributed by atoms with van der Waals surface area (Å²) in [5.41, 5.74) is 4.49. The normalized spacial score (nSPS) is 16.3. The van der Waals surface area contributed by atoms with E-state index in [9.17, 15) is 4.79 Å². The average Bonchev–Trinajstić information content (AvgIpc) is 3.34. The van der Waals surface area contributed by atoms with Gasteiger partial charge in [0.15, 0.2) is 0 Å². The van der Waals surface area contributed by atoms with Crippen molar-refractivity contribution in [2.45, 2.75) is 39.2 Å². The predicted molar refractivity (Wildman–Crippen MR) is 114 cm³/mol. The highest BCUT2D eigenvalue weighted by molar-refractivity contribution is 6.31. The summed E-state index contributed by atoms with van der Waals surface area (Å²) in [5.74, 6) is 0.428. The number of halogens is 1. The number of furan rings is 1. The SMILES string of the molecule is Cc1ccc2c(CC(=O)Nc3cc(Cl)ccc3OCC3CCCO3)coc2c1C. The summed E-state index contributed by atoms with van der Waals surface area (Å²) in [6.45, 7) is 5.29. The Morgan fingerprint density at radius 1 is 1.28 bits per heavy atom. The molecule has 1 amide bonds. The molecule has 29 heavy (non-hydrogen) atoms. The van der Waals surface area contributed by atoms with Crippen LogP contribution in [-0.4, -0.2) is 25.2 Å². The molecule has 0 bridgehead atoms. The maximum Gasteiger partial charge on any atom is 0.229 e. The summed E-state index contributed by atoms with van der Waals surface area (Å²) in [6.07, 6.45) is 3.99. The lowest BCUT2D eigenvalue weighted by Gasteiger charge is -2.15. The van der Waals surface area contributed by atoms with Crippen LogP contribution in [0.5, 0.6) is 5.75 Å². The maximum atomic E-state index is 12.7. The molecule has 1 aromatic heterocycles. The van der Waals surface area contributed by atoms with Gasteiger partial charge in [0.05, 0.1) is 24.5 Å². The number of hydrogen-bond acceptors (Lipinski definition) is 4. The van der Waals surface area contributed by atoms with Crippen molar-refractivity contribution in [2.24, 2.45) is 0 Å². The second kappa shape index (κ2) is 8.47. The van der Waals surface area contributed by atoms with E-state index in [-0.39, 0.29) is 18.4 Å². The number of amides is 1. The Kier molecular flexibility index (Phi) is 5.79. The number of aryl methyl sites for hydroxylation is 2. The van der Waals surface area contributed by atoms with E-state index in [1.165, 1.54) is 0 Å². The van der Waals surface area contributed by atoms with Crippen LogP contribution < -0.4 is 10.1 Å². The molecule has 1 N–H and O–H groups in total. The fourth-order valence-electron chi connectivity index (χ4n) is 3.58. The molecule has 4 rings (SSSR count). The Bertz CT molecular complexity index is 1040. The average molecular weight is 414 g/mol. The molecule has 0 radical (unpaired) electrons. The van der Waals surface area contributed by atoms with E-state index in [0.29, 0.717) is 23.1 Å². The van der Waals surface area contributed by atoms with Crippen molar-refractivity contribution in [1.82, 2.24) is 0 Å². The van der Waals surface area contributed by atoms with Gasteiger partial charge >= 0.3 is 0 Å². The Morgan fingerprint density at radius 3 is 2.93 bits per heavy atom. The molecule has 3 aromatic rings. The molecule has 1 fully saturated rings. The van der Waals surface area contributed by atoms with E-state index in [1.54, 1.807) is 24.5 Å². The zero-order valence-corrected chi connectivity index (χ0v) is 17.3. The molecular weight excluding hydrogens is 390 g/mol. The van der Waals surface area contributed by atoms with Crippen LogP contribution in [0.4, 0.5) is 5.69 Å². The predicted octanol–water partition coefficient (Wildman–Crippen LogP) is 5.44. The number of carbonyl (C=O) groups is 1. The summed E-state index contributed by atoms with van der Waals surface area (Å²) < 4.78 is 17.2. The Morgan fingerprint density at radius 2 is 2.14 bits per heavy atom. The van der Waals surface area contributed by atoms with Crippen molar-refractivity contribution in [3.05, 3.63) is 58.3 Å². The third-order valence-electron chi connectivity index (χ3n) is 5.36. The van der Waals surface area contributed by atoms with Crippen LogP contribution in [0.3, 0.4) is 0 Å². The second-order valence-corrected chi connectivity index (χ2v) is 7.89. The largest absolute Gasteiger partial charge is 0.489 e. The quantitative estimate of drug-likeness (QED) is 0.584. The Labute approximate surface area is 174 Å². The van der Waals surface area contributed by atoms with Gasteiger partial charge in [-0.15, -0.1) is 0 Å². The lowest BCUT2D eigenvalue weighted by molar-refractivity contribution is -0.115. The fraction of sp³-hybridized carbons (Fsp3) is 0.348. The first-order valence-electron chi connectivity index (χ1n) is 9.81. The van der Waals surface area contributed by atoms with Gasteiger partial charge in [-0.2, -0.15) is 0 Å². The number of fused-ring (bicyclic) bond motifs is 1. The van der Waals surface area contributed by atoms with Crippen LogP contribution >= 0.6 is 11.6 Å². The molecule has 0 spiro atoms. The van der Waals surface area contributed by atoms with Crippen LogP contribution in [-0.2, 0) is 16.0 Å². The molecule has 1 unspecified atom stereocenters. The molecule has 1 aliphatic heterocycles. The molecule has 5 nitrogen and oxygen atoms in total. The third-order valence-corrected chi connectivity index (χ3v) is 5.59. The first-order valence-corrected chi connectivity index (χ1v) is 10.2. The molecule has 2 aromatic carbocycles. The molecule has 1 aliphatic rings. The summed E-state index contributed by atoms with van der Waals surface area (Å²) in [5, 5.41) is 4.42. The summed E-state index contributed by atoms with van der Waals surface area (Å²) >= 11 is 6.13. The monoisotopic (exact) mass is 413 g/mol. The molecule has 1 saturated heterocycles. The van der Waals surface area contributed by atoms with Gasteiger partial charge in [-0.3, -0.25) is 4.79 Å². The van der Waals surface area contributed by atoms with Crippen molar-refractivity contribution in [2.75, 3.05) is 18.5 Å².